The van der Waals surface area contributed by atoms with Crippen LogP contribution in [0, 0.1) is 0 Å². The van der Waals surface area contributed by atoms with Gasteiger partial charge in [-0.05, 0) is 34.4 Å². The summed E-state index contributed by atoms with van der Waals surface area (Å²) in [7, 11) is 0. The molecular weight excluding hydrogens is 312 g/mol. The zero-order chi connectivity index (χ0) is 16.1. The van der Waals surface area contributed by atoms with E-state index >= 15 is 0 Å². The average molecular weight is 326 g/mol. The summed E-state index contributed by atoms with van der Waals surface area (Å²) in [5.41, 5.74) is 5.70. The summed E-state index contributed by atoms with van der Waals surface area (Å²) in [4.78, 5) is 17.1. The molecule has 0 aliphatic heterocycles. The van der Waals surface area contributed by atoms with Crippen molar-refractivity contribution < 1.29 is 14.4 Å². The van der Waals surface area contributed by atoms with Gasteiger partial charge in [0.2, 0.25) is 0 Å². The van der Waals surface area contributed by atoms with E-state index in [0.717, 1.165) is 15.6 Å². The topological polar surface area (TPSA) is 73.9 Å². The highest BCUT2D eigenvalue weighted by Crippen LogP contribution is 2.20. The van der Waals surface area contributed by atoms with Crippen molar-refractivity contribution in [2.75, 3.05) is 6.61 Å². The summed E-state index contributed by atoms with van der Waals surface area (Å²) in [5.74, 6) is 0.146. The molecule has 0 spiro atoms. The van der Waals surface area contributed by atoms with Crippen LogP contribution in [0.25, 0.3) is 10.8 Å². The lowest BCUT2D eigenvalue weighted by Gasteiger charge is -2.05. The van der Waals surface area contributed by atoms with Crippen LogP contribution in [0.15, 0.2) is 65.1 Å². The summed E-state index contributed by atoms with van der Waals surface area (Å²) < 4.78 is 5.42. The quantitative estimate of drug-likeness (QED) is 0.338. The number of nitrogens with zero attached hydrogens (tertiary/aromatic N) is 1. The fourth-order valence-corrected chi connectivity index (χ4v) is 2.61. The third-order valence-electron chi connectivity index (χ3n) is 3.10. The fraction of sp³-hybridized carbons (Fsp3) is 0.0588. The molecule has 0 aliphatic rings. The van der Waals surface area contributed by atoms with Crippen molar-refractivity contribution in [3.8, 4) is 5.75 Å². The van der Waals surface area contributed by atoms with Gasteiger partial charge in [-0.1, -0.05) is 41.6 Å². The Kier molecular flexibility index (Phi) is 4.54. The number of carbonyl (C=O) groups is 1. The highest BCUT2D eigenvalue weighted by molar-refractivity contribution is 7.12. The first-order chi connectivity index (χ1) is 11.2. The number of nitrogens with two attached hydrogens (primary N) is 1. The molecule has 0 bridgehead atoms. The van der Waals surface area contributed by atoms with Gasteiger partial charge in [0.1, 0.15) is 5.75 Å². The number of carbonyl (C=O) groups excluding carboxylic acids is 1. The standard InChI is InChI=1S/C17H14N2O3S/c18-17(15-6-3-9-23-15)19-22-16(20)11-21-14-8-7-12-4-1-2-5-13(12)10-14/h1-10H,11H2,(H2,18,19). The molecule has 3 aromatic rings. The van der Waals surface area contributed by atoms with Crippen molar-refractivity contribution >= 4 is 33.9 Å². The summed E-state index contributed by atoms with van der Waals surface area (Å²) in [6, 6.07) is 17.1. The van der Waals surface area contributed by atoms with Gasteiger partial charge in [-0.3, -0.25) is 0 Å². The number of fused-ring (bicyclic) bond motifs is 1. The monoisotopic (exact) mass is 326 g/mol. The predicted octanol–water partition coefficient (Wildman–Crippen LogP) is 3.14. The van der Waals surface area contributed by atoms with Crippen molar-refractivity contribution in [2.24, 2.45) is 10.9 Å². The largest absolute Gasteiger partial charge is 0.482 e. The Hall–Kier alpha value is -2.86. The molecule has 0 atom stereocenters. The van der Waals surface area contributed by atoms with E-state index < -0.39 is 5.97 Å². The average Bonchev–Trinajstić information content (AvgIpc) is 3.12. The van der Waals surface area contributed by atoms with Crippen LogP contribution < -0.4 is 10.5 Å². The summed E-state index contributed by atoms with van der Waals surface area (Å²) in [6.07, 6.45) is 0. The van der Waals surface area contributed by atoms with E-state index in [2.05, 4.69) is 5.16 Å². The predicted molar refractivity (Wildman–Crippen MR) is 90.6 cm³/mol. The van der Waals surface area contributed by atoms with Crippen LogP contribution in [0.5, 0.6) is 5.75 Å². The second kappa shape index (κ2) is 6.93. The van der Waals surface area contributed by atoms with Gasteiger partial charge in [0.25, 0.3) is 0 Å². The highest BCUT2D eigenvalue weighted by atomic mass is 32.1. The number of oxime groups is 1. The normalized spacial score (nSPS) is 11.4. The van der Waals surface area contributed by atoms with Crippen LogP contribution >= 0.6 is 11.3 Å². The third-order valence-corrected chi connectivity index (χ3v) is 3.99. The molecule has 1 heterocycles. The zero-order valence-corrected chi connectivity index (χ0v) is 13.0. The van der Waals surface area contributed by atoms with Crippen molar-refractivity contribution in [3.05, 3.63) is 64.9 Å². The van der Waals surface area contributed by atoms with Gasteiger partial charge in [-0.2, -0.15) is 0 Å². The maximum absolute atomic E-state index is 11.6. The van der Waals surface area contributed by atoms with Crippen molar-refractivity contribution in [3.63, 3.8) is 0 Å². The van der Waals surface area contributed by atoms with Gasteiger partial charge in [0, 0.05) is 0 Å². The minimum Gasteiger partial charge on any atom is -0.482 e. The number of hydrogen-bond acceptors (Lipinski definition) is 5. The first kappa shape index (κ1) is 15.1. The second-order valence-electron chi connectivity index (χ2n) is 4.71. The Morgan fingerprint density at radius 2 is 1.91 bits per heavy atom. The first-order valence-electron chi connectivity index (χ1n) is 6.91. The molecule has 0 aliphatic carbocycles. The Balaban J connectivity index is 1.56. The molecule has 0 fully saturated rings. The maximum atomic E-state index is 11.6. The Morgan fingerprint density at radius 3 is 2.70 bits per heavy atom. The van der Waals surface area contributed by atoms with E-state index in [4.69, 9.17) is 15.3 Å². The van der Waals surface area contributed by atoms with Crippen molar-refractivity contribution in [1.82, 2.24) is 0 Å². The van der Waals surface area contributed by atoms with Crippen LogP contribution in [0.2, 0.25) is 0 Å². The van der Waals surface area contributed by atoms with Crippen LogP contribution in [-0.4, -0.2) is 18.4 Å². The van der Waals surface area contributed by atoms with E-state index in [0.29, 0.717) is 5.75 Å². The van der Waals surface area contributed by atoms with Crippen molar-refractivity contribution in [1.29, 1.82) is 0 Å². The first-order valence-corrected chi connectivity index (χ1v) is 7.79. The number of rotatable bonds is 5. The summed E-state index contributed by atoms with van der Waals surface area (Å²) in [6.45, 7) is -0.237. The highest BCUT2D eigenvalue weighted by Gasteiger charge is 2.07. The number of ether oxygens (including phenoxy) is 1. The van der Waals surface area contributed by atoms with Gasteiger partial charge in [-0.15, -0.1) is 11.3 Å². The Bertz CT molecular complexity index is 844. The van der Waals surface area contributed by atoms with Gasteiger partial charge in [-0.25, -0.2) is 4.79 Å². The van der Waals surface area contributed by atoms with E-state index in [1.807, 2.05) is 47.8 Å². The number of benzene rings is 2. The number of thiophene rings is 1. The number of hydrogen-bond donors (Lipinski definition) is 1. The lowest BCUT2D eigenvalue weighted by Crippen LogP contribution is -2.17. The Labute approximate surface area is 136 Å². The SMILES string of the molecule is N/C(=N\OC(=O)COc1ccc2ccccc2c1)c1cccs1. The molecule has 116 valence electrons. The van der Waals surface area contributed by atoms with Gasteiger partial charge >= 0.3 is 5.97 Å². The van der Waals surface area contributed by atoms with Gasteiger partial charge < -0.3 is 15.3 Å². The fourth-order valence-electron chi connectivity index (χ4n) is 2.00. The minimum atomic E-state index is -0.613. The van der Waals surface area contributed by atoms with Crippen LogP contribution in [0.4, 0.5) is 0 Å². The van der Waals surface area contributed by atoms with Crippen molar-refractivity contribution in [2.45, 2.75) is 0 Å². The molecule has 0 saturated carbocycles. The minimum absolute atomic E-state index is 0.166. The van der Waals surface area contributed by atoms with Gasteiger partial charge in [0.15, 0.2) is 12.4 Å². The molecule has 2 aromatic carbocycles. The molecule has 0 saturated heterocycles. The molecule has 3 rings (SSSR count). The molecule has 23 heavy (non-hydrogen) atoms. The summed E-state index contributed by atoms with van der Waals surface area (Å²) in [5, 5.41) is 7.61. The lowest BCUT2D eigenvalue weighted by atomic mass is 10.1. The third kappa shape index (κ3) is 3.87. The molecular formula is C17H14N2O3S. The van der Waals surface area contributed by atoms with Crippen LogP contribution in [0.3, 0.4) is 0 Å². The van der Waals surface area contributed by atoms with E-state index in [1.165, 1.54) is 11.3 Å². The van der Waals surface area contributed by atoms with E-state index in [9.17, 15) is 4.79 Å². The molecule has 0 unspecified atom stereocenters. The molecule has 0 radical (unpaired) electrons. The summed E-state index contributed by atoms with van der Waals surface area (Å²) >= 11 is 1.42. The van der Waals surface area contributed by atoms with E-state index in [-0.39, 0.29) is 12.4 Å². The lowest BCUT2D eigenvalue weighted by molar-refractivity contribution is -0.146. The van der Waals surface area contributed by atoms with Crippen LogP contribution in [0.1, 0.15) is 4.88 Å². The molecule has 1 aromatic heterocycles. The molecule has 6 heteroatoms. The molecule has 5 nitrogen and oxygen atoms in total. The molecule has 2 N–H and O–H groups in total. The van der Waals surface area contributed by atoms with Crippen LogP contribution in [-0.2, 0) is 9.63 Å². The van der Waals surface area contributed by atoms with E-state index in [1.54, 1.807) is 12.1 Å². The number of amidine groups is 1. The Morgan fingerprint density at radius 1 is 1.09 bits per heavy atom. The zero-order valence-electron chi connectivity index (χ0n) is 12.1. The molecule has 0 amide bonds. The van der Waals surface area contributed by atoms with Gasteiger partial charge in [0.05, 0.1) is 4.88 Å². The maximum Gasteiger partial charge on any atom is 0.372 e. The smallest absolute Gasteiger partial charge is 0.372 e. The second-order valence-corrected chi connectivity index (χ2v) is 5.66.